The van der Waals surface area contributed by atoms with Gasteiger partial charge in [0.2, 0.25) is 0 Å². The second kappa shape index (κ2) is 8.63. The molecule has 2 aromatic rings. The molecule has 0 spiro atoms. The highest BCUT2D eigenvalue weighted by molar-refractivity contribution is 7.99. The molecule has 3 nitrogen and oxygen atoms in total. The molecule has 1 unspecified atom stereocenters. The number of hydrogen-bond acceptors (Lipinski definition) is 3. The van der Waals surface area contributed by atoms with Crippen molar-refractivity contribution in [3.63, 3.8) is 0 Å². The van der Waals surface area contributed by atoms with Gasteiger partial charge in [0.25, 0.3) is 11.7 Å². The minimum absolute atomic E-state index is 0.159. The lowest BCUT2D eigenvalue weighted by Crippen LogP contribution is -2.33. The Balaban J connectivity index is 2.17. The summed E-state index contributed by atoms with van der Waals surface area (Å²) in [5.41, 5.74) is 1.96. The van der Waals surface area contributed by atoms with E-state index in [1.807, 2.05) is 26.0 Å². The second-order valence-corrected chi connectivity index (χ2v) is 6.47. The number of rotatable bonds is 6. The van der Waals surface area contributed by atoms with Gasteiger partial charge in [-0.25, -0.2) is 0 Å². The summed E-state index contributed by atoms with van der Waals surface area (Å²) >= 11 is 0.455. The molecule has 6 heteroatoms. The van der Waals surface area contributed by atoms with E-state index in [1.54, 1.807) is 29.2 Å². The van der Waals surface area contributed by atoms with Crippen molar-refractivity contribution in [2.24, 2.45) is 0 Å². The van der Waals surface area contributed by atoms with Gasteiger partial charge in [-0.15, -0.1) is 0 Å². The van der Waals surface area contributed by atoms with Crippen LogP contribution in [0.1, 0.15) is 41.4 Å². The van der Waals surface area contributed by atoms with Crippen LogP contribution in [0.25, 0.3) is 0 Å². The first-order chi connectivity index (χ1) is 12.0. The van der Waals surface area contributed by atoms with Crippen LogP contribution in [0.15, 0.2) is 53.4 Å². The van der Waals surface area contributed by atoms with Gasteiger partial charge < -0.3 is 4.90 Å². The zero-order valence-corrected chi connectivity index (χ0v) is 14.8. The molecule has 1 amide bonds. The van der Waals surface area contributed by atoms with E-state index in [4.69, 9.17) is 5.26 Å². The highest BCUT2D eigenvalue weighted by atomic mass is 32.2. The number of carbonyl (C=O) groups excluding carboxylic acids is 1. The van der Waals surface area contributed by atoms with Gasteiger partial charge in [-0.2, -0.15) is 14.0 Å². The fraction of sp³-hybridized carbons (Fsp3) is 0.263. The average molecular weight is 360 g/mol. The summed E-state index contributed by atoms with van der Waals surface area (Å²) in [6.45, 7) is 4.32. The molecule has 2 aromatic carbocycles. The van der Waals surface area contributed by atoms with Gasteiger partial charge >= 0.3 is 0 Å². The number of nitrogens with zero attached hydrogens (tertiary/aromatic N) is 2. The third-order valence-electron chi connectivity index (χ3n) is 3.92. The largest absolute Gasteiger partial charge is 0.332 e. The highest BCUT2D eigenvalue weighted by Crippen LogP contribution is 2.27. The van der Waals surface area contributed by atoms with Crippen molar-refractivity contribution < 1.29 is 13.6 Å². The third kappa shape index (κ3) is 4.80. The fourth-order valence-electron chi connectivity index (χ4n) is 2.55. The summed E-state index contributed by atoms with van der Waals surface area (Å²) in [6, 6.07) is 15.2. The summed E-state index contributed by atoms with van der Waals surface area (Å²) in [5, 5.41) is 8.87. The quantitative estimate of drug-likeness (QED) is 0.674. The molecule has 0 aromatic heterocycles. The van der Waals surface area contributed by atoms with Gasteiger partial charge in [-0.3, -0.25) is 4.79 Å². The standard InChI is InChI=1S/C19H18F2N2OS/c1-3-23(13(2)15-6-4-14(12-22)5-7-15)18(24)16-8-10-17(11-9-16)25-19(20)21/h4-11,13,19H,3H2,1-2H3. The molecular weight excluding hydrogens is 342 g/mol. The monoisotopic (exact) mass is 360 g/mol. The number of halogens is 2. The number of benzene rings is 2. The molecule has 0 aliphatic heterocycles. The lowest BCUT2D eigenvalue weighted by atomic mass is 10.0. The summed E-state index contributed by atoms with van der Waals surface area (Å²) < 4.78 is 24.8. The predicted molar refractivity (Wildman–Crippen MR) is 94.6 cm³/mol. The normalized spacial score (nSPS) is 11.8. The van der Waals surface area contributed by atoms with Gasteiger partial charge in [0.1, 0.15) is 0 Å². The molecule has 0 aliphatic carbocycles. The molecule has 130 valence electrons. The smallest absolute Gasteiger partial charge is 0.288 e. The maximum Gasteiger partial charge on any atom is 0.288 e. The van der Waals surface area contributed by atoms with Gasteiger partial charge in [0.05, 0.1) is 17.7 Å². The summed E-state index contributed by atoms with van der Waals surface area (Å²) in [7, 11) is 0. The molecule has 0 saturated carbocycles. The molecule has 0 heterocycles. The molecular formula is C19H18F2N2OS. The van der Waals surface area contributed by atoms with Crippen LogP contribution < -0.4 is 0 Å². The van der Waals surface area contributed by atoms with E-state index in [0.29, 0.717) is 34.3 Å². The van der Waals surface area contributed by atoms with Crippen LogP contribution in [0, 0.1) is 11.3 Å². The van der Waals surface area contributed by atoms with E-state index >= 15 is 0 Å². The Bertz CT molecular complexity index is 754. The number of hydrogen-bond donors (Lipinski definition) is 0. The Labute approximate surface area is 150 Å². The van der Waals surface area contributed by atoms with Crippen molar-refractivity contribution in [2.75, 3.05) is 6.54 Å². The number of amides is 1. The Morgan fingerprint density at radius 1 is 1.16 bits per heavy atom. The minimum atomic E-state index is -2.48. The first-order valence-electron chi connectivity index (χ1n) is 7.82. The highest BCUT2D eigenvalue weighted by Gasteiger charge is 2.21. The van der Waals surface area contributed by atoms with Gasteiger partial charge in [0.15, 0.2) is 0 Å². The Kier molecular flexibility index (Phi) is 6.54. The van der Waals surface area contributed by atoms with Crippen LogP contribution in [0.2, 0.25) is 0 Å². The van der Waals surface area contributed by atoms with Crippen molar-refractivity contribution in [2.45, 2.75) is 30.5 Å². The Hall–Kier alpha value is -2.39. The summed E-state index contributed by atoms with van der Waals surface area (Å²) in [4.78, 5) is 14.9. The van der Waals surface area contributed by atoms with Crippen LogP contribution >= 0.6 is 11.8 Å². The van der Waals surface area contributed by atoms with E-state index in [0.717, 1.165) is 5.56 Å². The Morgan fingerprint density at radius 3 is 2.24 bits per heavy atom. The average Bonchev–Trinajstić information content (AvgIpc) is 2.62. The van der Waals surface area contributed by atoms with Gasteiger partial charge in [0, 0.05) is 17.0 Å². The van der Waals surface area contributed by atoms with Gasteiger partial charge in [-0.1, -0.05) is 23.9 Å². The molecule has 0 bridgehead atoms. The van der Waals surface area contributed by atoms with Crippen LogP contribution in [-0.4, -0.2) is 23.1 Å². The lowest BCUT2D eigenvalue weighted by Gasteiger charge is -2.28. The maximum atomic E-state index is 12.8. The minimum Gasteiger partial charge on any atom is -0.332 e. The van der Waals surface area contributed by atoms with Crippen LogP contribution in [-0.2, 0) is 0 Å². The summed E-state index contributed by atoms with van der Waals surface area (Å²) in [6.07, 6.45) is 0. The number of thioether (sulfide) groups is 1. The van der Waals surface area contributed by atoms with Crippen LogP contribution in [0.5, 0.6) is 0 Å². The van der Waals surface area contributed by atoms with E-state index in [-0.39, 0.29) is 11.9 Å². The van der Waals surface area contributed by atoms with Gasteiger partial charge in [-0.05, 0) is 55.8 Å². The van der Waals surface area contributed by atoms with E-state index < -0.39 is 5.76 Å². The van der Waals surface area contributed by atoms with E-state index in [9.17, 15) is 13.6 Å². The van der Waals surface area contributed by atoms with E-state index in [1.165, 1.54) is 12.1 Å². The van der Waals surface area contributed by atoms with E-state index in [2.05, 4.69) is 6.07 Å². The zero-order valence-electron chi connectivity index (χ0n) is 13.9. The first kappa shape index (κ1) is 18.9. The molecule has 0 fully saturated rings. The van der Waals surface area contributed by atoms with Crippen molar-refractivity contribution in [1.82, 2.24) is 4.90 Å². The zero-order chi connectivity index (χ0) is 18.4. The molecule has 25 heavy (non-hydrogen) atoms. The molecule has 0 radical (unpaired) electrons. The molecule has 2 rings (SSSR count). The van der Waals surface area contributed by atoms with Crippen molar-refractivity contribution >= 4 is 17.7 Å². The number of carbonyl (C=O) groups is 1. The molecule has 0 N–H and O–H groups in total. The van der Waals surface area contributed by atoms with Crippen molar-refractivity contribution in [1.29, 1.82) is 5.26 Å². The van der Waals surface area contributed by atoms with Crippen LogP contribution in [0.3, 0.4) is 0 Å². The number of alkyl halides is 2. The molecule has 1 atom stereocenters. The molecule has 0 aliphatic rings. The fourth-order valence-corrected chi connectivity index (χ4v) is 3.05. The number of nitriles is 1. The predicted octanol–water partition coefficient (Wildman–Crippen LogP) is 5.10. The van der Waals surface area contributed by atoms with Crippen molar-refractivity contribution in [3.8, 4) is 6.07 Å². The second-order valence-electron chi connectivity index (χ2n) is 5.40. The third-order valence-corrected chi connectivity index (χ3v) is 4.64. The lowest BCUT2D eigenvalue weighted by molar-refractivity contribution is 0.0702. The topological polar surface area (TPSA) is 44.1 Å². The Morgan fingerprint density at radius 2 is 1.76 bits per heavy atom. The van der Waals surface area contributed by atoms with Crippen LogP contribution in [0.4, 0.5) is 8.78 Å². The SMILES string of the molecule is CCN(C(=O)c1ccc(SC(F)F)cc1)C(C)c1ccc(C#N)cc1. The molecule has 0 saturated heterocycles. The van der Waals surface area contributed by atoms with Crippen molar-refractivity contribution in [3.05, 3.63) is 65.2 Å². The first-order valence-corrected chi connectivity index (χ1v) is 8.70. The maximum absolute atomic E-state index is 12.8. The summed E-state index contributed by atoms with van der Waals surface area (Å²) in [5.74, 6) is -2.64.